The number of hydrogen-bond donors (Lipinski definition) is 1. The van der Waals surface area contributed by atoms with Crippen LogP contribution in [-0.4, -0.2) is 49.0 Å². The van der Waals surface area contributed by atoms with E-state index in [0.717, 1.165) is 36.4 Å². The molecule has 1 N–H and O–H groups in total. The van der Waals surface area contributed by atoms with E-state index in [0.29, 0.717) is 24.8 Å². The third kappa shape index (κ3) is 2.53. The topological polar surface area (TPSA) is 41.9 Å². The molecule has 0 saturated carbocycles. The molecule has 1 fully saturated rings. The summed E-state index contributed by atoms with van der Waals surface area (Å²) in [6.45, 7) is 5.50. The van der Waals surface area contributed by atoms with Gasteiger partial charge in [-0.25, -0.2) is 0 Å². The summed E-state index contributed by atoms with van der Waals surface area (Å²) in [5.41, 5.74) is 2.12. The quantitative estimate of drug-likeness (QED) is 0.907. The van der Waals surface area contributed by atoms with Gasteiger partial charge < -0.3 is 14.6 Å². The van der Waals surface area contributed by atoms with E-state index in [1.165, 1.54) is 0 Å². The lowest BCUT2D eigenvalue weighted by atomic mass is 9.93. The third-order valence-corrected chi connectivity index (χ3v) is 4.28. The van der Waals surface area contributed by atoms with Crippen molar-refractivity contribution in [3.63, 3.8) is 0 Å². The Hall–Kier alpha value is -0.810. The molecule has 0 bridgehead atoms. The molecule has 0 spiro atoms. The molecule has 110 valence electrons. The number of benzene rings is 1. The molecular weight excluding hydrogens is 278 g/mol. The van der Waals surface area contributed by atoms with E-state index in [2.05, 4.69) is 11.8 Å². The monoisotopic (exact) mass is 297 g/mol. The molecular formula is C15H20ClNO3. The highest BCUT2D eigenvalue weighted by Crippen LogP contribution is 2.40. The van der Waals surface area contributed by atoms with Gasteiger partial charge in [-0.2, -0.15) is 0 Å². The molecule has 2 unspecified atom stereocenters. The molecule has 3 rings (SSSR count). The van der Waals surface area contributed by atoms with E-state index >= 15 is 0 Å². The third-order valence-electron chi connectivity index (χ3n) is 4.06. The summed E-state index contributed by atoms with van der Waals surface area (Å²) in [5.74, 6) is 0.902. The van der Waals surface area contributed by atoms with Crippen LogP contribution >= 0.6 is 11.6 Å². The minimum atomic E-state index is -0.524. The molecule has 0 amide bonds. The van der Waals surface area contributed by atoms with Crippen LogP contribution in [0.3, 0.4) is 0 Å². The number of fused-ring (bicyclic) bond motifs is 1. The zero-order valence-electron chi connectivity index (χ0n) is 11.6. The van der Waals surface area contributed by atoms with Crippen LogP contribution in [0.5, 0.6) is 5.75 Å². The van der Waals surface area contributed by atoms with Gasteiger partial charge in [-0.1, -0.05) is 18.5 Å². The standard InChI is InChI=1S/C15H20ClNO3/c1-2-10-7-11(16)8-12-14(13(18)9-20-15(10)12)17-3-5-19-6-4-17/h7-8,13-14,18H,2-6,9H2,1H3. The minimum Gasteiger partial charge on any atom is -0.490 e. The summed E-state index contributed by atoms with van der Waals surface area (Å²) in [7, 11) is 0. The maximum Gasteiger partial charge on any atom is 0.127 e. The number of nitrogens with zero attached hydrogens (tertiary/aromatic N) is 1. The molecule has 2 heterocycles. The Labute approximate surface area is 124 Å². The van der Waals surface area contributed by atoms with Gasteiger partial charge in [-0.15, -0.1) is 0 Å². The van der Waals surface area contributed by atoms with Gasteiger partial charge in [0.15, 0.2) is 0 Å². The van der Waals surface area contributed by atoms with Crippen molar-refractivity contribution in [2.75, 3.05) is 32.9 Å². The number of aliphatic hydroxyl groups excluding tert-OH is 1. The summed E-state index contributed by atoms with van der Waals surface area (Å²) < 4.78 is 11.2. The van der Waals surface area contributed by atoms with Crippen molar-refractivity contribution in [1.82, 2.24) is 4.90 Å². The van der Waals surface area contributed by atoms with Crippen LogP contribution < -0.4 is 4.74 Å². The van der Waals surface area contributed by atoms with Crippen molar-refractivity contribution in [2.45, 2.75) is 25.5 Å². The zero-order valence-corrected chi connectivity index (χ0v) is 12.4. The zero-order chi connectivity index (χ0) is 14.1. The molecule has 2 atom stereocenters. The molecule has 2 aliphatic rings. The molecule has 1 aromatic rings. The molecule has 1 saturated heterocycles. The van der Waals surface area contributed by atoms with Crippen LogP contribution in [0, 0.1) is 0 Å². The van der Waals surface area contributed by atoms with Crippen LogP contribution in [0.2, 0.25) is 5.02 Å². The second-order valence-electron chi connectivity index (χ2n) is 5.31. The maximum absolute atomic E-state index is 10.4. The van der Waals surface area contributed by atoms with E-state index in [4.69, 9.17) is 21.1 Å². The van der Waals surface area contributed by atoms with E-state index < -0.39 is 6.10 Å². The fraction of sp³-hybridized carbons (Fsp3) is 0.600. The summed E-state index contributed by atoms with van der Waals surface area (Å²) in [6, 6.07) is 3.83. The lowest BCUT2D eigenvalue weighted by Gasteiger charge is -2.41. The van der Waals surface area contributed by atoms with Gasteiger partial charge in [-0.05, 0) is 24.1 Å². The van der Waals surface area contributed by atoms with Crippen molar-refractivity contribution in [3.05, 3.63) is 28.3 Å². The van der Waals surface area contributed by atoms with Crippen LogP contribution in [0.15, 0.2) is 12.1 Å². The molecule has 2 aliphatic heterocycles. The van der Waals surface area contributed by atoms with Crippen molar-refractivity contribution < 1.29 is 14.6 Å². The van der Waals surface area contributed by atoms with Crippen LogP contribution in [0.25, 0.3) is 0 Å². The first-order valence-corrected chi connectivity index (χ1v) is 7.53. The van der Waals surface area contributed by atoms with Crippen molar-refractivity contribution >= 4 is 11.6 Å². The maximum atomic E-state index is 10.4. The Bertz CT molecular complexity index is 488. The molecule has 1 aromatic carbocycles. The first-order valence-electron chi connectivity index (χ1n) is 7.15. The predicted octanol–water partition coefficient (Wildman–Crippen LogP) is 2.03. The van der Waals surface area contributed by atoms with Gasteiger partial charge >= 0.3 is 0 Å². The van der Waals surface area contributed by atoms with Crippen molar-refractivity contribution in [3.8, 4) is 5.75 Å². The van der Waals surface area contributed by atoms with Gasteiger partial charge in [0.2, 0.25) is 0 Å². The fourth-order valence-corrected chi connectivity index (χ4v) is 3.34. The number of rotatable bonds is 2. The molecule has 4 nitrogen and oxygen atoms in total. The summed E-state index contributed by atoms with van der Waals surface area (Å²) >= 11 is 6.23. The number of halogens is 1. The van der Waals surface area contributed by atoms with Gasteiger partial charge in [0.05, 0.1) is 19.3 Å². The Morgan fingerprint density at radius 3 is 2.80 bits per heavy atom. The first kappa shape index (κ1) is 14.1. The summed E-state index contributed by atoms with van der Waals surface area (Å²) in [5, 5.41) is 11.1. The number of aliphatic hydroxyl groups is 1. The smallest absolute Gasteiger partial charge is 0.127 e. The van der Waals surface area contributed by atoms with E-state index in [1.807, 2.05) is 12.1 Å². The lowest BCUT2D eigenvalue weighted by Crippen LogP contribution is -2.47. The highest BCUT2D eigenvalue weighted by Gasteiger charge is 2.36. The van der Waals surface area contributed by atoms with Crippen molar-refractivity contribution in [1.29, 1.82) is 0 Å². The highest BCUT2D eigenvalue weighted by atomic mass is 35.5. The molecule has 5 heteroatoms. The van der Waals surface area contributed by atoms with Crippen LogP contribution in [-0.2, 0) is 11.2 Å². The van der Waals surface area contributed by atoms with E-state index in [1.54, 1.807) is 0 Å². The molecule has 0 radical (unpaired) electrons. The SMILES string of the molecule is CCc1cc(Cl)cc2c1OCC(O)C2N1CCOCC1. The lowest BCUT2D eigenvalue weighted by molar-refractivity contribution is -0.0445. The normalized spacial score (nSPS) is 26.9. The highest BCUT2D eigenvalue weighted by molar-refractivity contribution is 6.30. The average molecular weight is 298 g/mol. The molecule has 0 aromatic heterocycles. The second-order valence-corrected chi connectivity index (χ2v) is 5.74. The van der Waals surface area contributed by atoms with Gasteiger partial charge in [-0.3, -0.25) is 4.90 Å². The molecule has 20 heavy (non-hydrogen) atoms. The Morgan fingerprint density at radius 2 is 2.10 bits per heavy atom. The van der Waals surface area contributed by atoms with Crippen LogP contribution in [0.4, 0.5) is 0 Å². The van der Waals surface area contributed by atoms with Gasteiger partial charge in [0.25, 0.3) is 0 Å². The number of hydrogen-bond acceptors (Lipinski definition) is 4. The predicted molar refractivity (Wildman–Crippen MR) is 77.5 cm³/mol. The van der Waals surface area contributed by atoms with Crippen LogP contribution in [0.1, 0.15) is 24.1 Å². The second kappa shape index (κ2) is 5.90. The van der Waals surface area contributed by atoms with Crippen molar-refractivity contribution in [2.24, 2.45) is 0 Å². The van der Waals surface area contributed by atoms with Gasteiger partial charge in [0.1, 0.15) is 18.5 Å². The van der Waals surface area contributed by atoms with Gasteiger partial charge in [0, 0.05) is 23.7 Å². The fourth-order valence-electron chi connectivity index (χ4n) is 3.09. The first-order chi connectivity index (χ1) is 9.70. The number of aryl methyl sites for hydroxylation is 1. The number of morpholine rings is 1. The largest absolute Gasteiger partial charge is 0.490 e. The van der Waals surface area contributed by atoms with E-state index in [-0.39, 0.29) is 6.04 Å². The minimum absolute atomic E-state index is 0.0494. The summed E-state index contributed by atoms with van der Waals surface area (Å²) in [6.07, 6.45) is 0.346. The Morgan fingerprint density at radius 1 is 1.35 bits per heavy atom. The van der Waals surface area contributed by atoms with E-state index in [9.17, 15) is 5.11 Å². The molecule has 0 aliphatic carbocycles. The Kier molecular flexibility index (Phi) is 4.17. The summed E-state index contributed by atoms with van der Waals surface area (Å²) in [4.78, 5) is 2.27. The Balaban J connectivity index is 2.01. The average Bonchev–Trinajstić information content (AvgIpc) is 2.47. The number of ether oxygens (including phenoxy) is 2.